The maximum absolute atomic E-state index is 10.8. The number of thioether (sulfide) groups is 1. The molecule has 1 amide bonds. The molecule has 0 spiro atoms. The fourth-order valence-corrected chi connectivity index (χ4v) is 3.66. The quantitative estimate of drug-likeness (QED) is 0.874. The number of carbonyl (C=O) groups is 1. The van der Waals surface area contributed by atoms with E-state index < -0.39 is 12.2 Å². The molecule has 2 N–H and O–H groups in total. The molecule has 2 unspecified atom stereocenters. The zero-order valence-electron chi connectivity index (χ0n) is 9.62. The number of hydrogen-bond donors (Lipinski definition) is 2. The molecule has 2 atom stereocenters. The second-order valence-electron chi connectivity index (χ2n) is 4.20. The highest BCUT2D eigenvalue weighted by molar-refractivity contribution is 9.10. The zero-order chi connectivity index (χ0) is 13.1. The lowest BCUT2D eigenvalue weighted by molar-refractivity contribution is 0.0703. The van der Waals surface area contributed by atoms with E-state index in [0.717, 1.165) is 9.37 Å². The minimum atomic E-state index is -0.958. The normalized spacial score (nSPS) is 24.0. The van der Waals surface area contributed by atoms with E-state index in [0.29, 0.717) is 13.0 Å². The number of hydrogen-bond acceptors (Lipinski definition) is 3. The first-order valence-electron chi connectivity index (χ1n) is 5.64. The lowest BCUT2D eigenvalue weighted by atomic mass is 10.1. The van der Waals surface area contributed by atoms with E-state index in [-0.39, 0.29) is 11.8 Å². The summed E-state index contributed by atoms with van der Waals surface area (Å²) in [6, 6.07) is 7.89. The van der Waals surface area contributed by atoms with Gasteiger partial charge in [0.1, 0.15) is 0 Å². The molecule has 98 valence electrons. The van der Waals surface area contributed by atoms with Crippen LogP contribution in [-0.2, 0) is 0 Å². The molecule has 18 heavy (non-hydrogen) atoms. The molecule has 0 aromatic heterocycles. The monoisotopic (exact) mass is 331 g/mol. The van der Waals surface area contributed by atoms with Crippen LogP contribution < -0.4 is 0 Å². The minimum absolute atomic E-state index is 0.0508. The lowest BCUT2D eigenvalue weighted by Gasteiger charge is -2.33. The van der Waals surface area contributed by atoms with Crippen molar-refractivity contribution in [2.75, 3.05) is 13.1 Å². The SMILES string of the molecule is O=C(O)N1CCC(Sc2cccc(Br)c2)C(O)C1. The Morgan fingerprint density at radius 1 is 1.50 bits per heavy atom. The molecule has 2 rings (SSSR count). The van der Waals surface area contributed by atoms with Gasteiger partial charge in [-0.3, -0.25) is 0 Å². The molecule has 1 aromatic carbocycles. The number of amides is 1. The van der Waals surface area contributed by atoms with Gasteiger partial charge in [0.15, 0.2) is 0 Å². The number of halogens is 1. The number of aliphatic hydroxyl groups excluding tert-OH is 1. The minimum Gasteiger partial charge on any atom is -0.465 e. The molecule has 1 fully saturated rings. The Labute approximate surface area is 118 Å². The average Bonchev–Trinajstić information content (AvgIpc) is 2.31. The molecule has 4 nitrogen and oxygen atoms in total. The molecule has 1 heterocycles. The summed E-state index contributed by atoms with van der Waals surface area (Å²) in [6.07, 6.45) is -0.899. The molecule has 1 aliphatic heterocycles. The third kappa shape index (κ3) is 3.40. The van der Waals surface area contributed by atoms with Crippen LogP contribution in [0.5, 0.6) is 0 Å². The van der Waals surface area contributed by atoms with Gasteiger partial charge in [0, 0.05) is 21.2 Å². The lowest BCUT2D eigenvalue weighted by Crippen LogP contribution is -2.47. The highest BCUT2D eigenvalue weighted by atomic mass is 79.9. The molecule has 1 aliphatic rings. The number of carboxylic acid groups (broad SMARTS) is 1. The van der Waals surface area contributed by atoms with Crippen LogP contribution in [0.4, 0.5) is 4.79 Å². The Hall–Kier alpha value is -0.720. The van der Waals surface area contributed by atoms with Crippen LogP contribution in [0.3, 0.4) is 0 Å². The molecule has 6 heteroatoms. The number of β-amino-alcohol motifs (C(OH)–C–C–N with tert-alkyl or cyclic N) is 1. The number of likely N-dealkylation sites (tertiary alicyclic amines) is 1. The summed E-state index contributed by atoms with van der Waals surface area (Å²) in [5, 5.41) is 18.9. The maximum atomic E-state index is 10.8. The predicted octanol–water partition coefficient (Wildman–Crippen LogP) is 2.65. The van der Waals surface area contributed by atoms with Crippen LogP contribution in [0.15, 0.2) is 33.6 Å². The van der Waals surface area contributed by atoms with E-state index in [1.807, 2.05) is 24.3 Å². The van der Waals surface area contributed by atoms with Crippen molar-refractivity contribution in [3.8, 4) is 0 Å². The smallest absolute Gasteiger partial charge is 0.407 e. The van der Waals surface area contributed by atoms with Crippen LogP contribution in [0.2, 0.25) is 0 Å². The standard InChI is InChI=1S/C12H14BrNO3S/c13-8-2-1-3-9(6-8)18-11-4-5-14(12(16)17)7-10(11)15/h1-3,6,10-11,15H,4-5,7H2,(H,16,17). The number of aliphatic hydroxyl groups is 1. The van der Waals surface area contributed by atoms with Gasteiger partial charge < -0.3 is 15.1 Å². The first-order chi connectivity index (χ1) is 8.56. The van der Waals surface area contributed by atoms with Crippen LogP contribution in [-0.4, -0.2) is 45.6 Å². The van der Waals surface area contributed by atoms with Crippen molar-refractivity contribution in [1.29, 1.82) is 0 Å². The van der Waals surface area contributed by atoms with Crippen LogP contribution in [0.1, 0.15) is 6.42 Å². The summed E-state index contributed by atoms with van der Waals surface area (Å²) in [6.45, 7) is 0.680. The van der Waals surface area contributed by atoms with Gasteiger partial charge in [-0.1, -0.05) is 22.0 Å². The van der Waals surface area contributed by atoms with Crippen molar-refractivity contribution < 1.29 is 15.0 Å². The van der Waals surface area contributed by atoms with Crippen molar-refractivity contribution in [3.05, 3.63) is 28.7 Å². The third-order valence-corrected chi connectivity index (χ3v) is 4.75. The molecular weight excluding hydrogens is 318 g/mol. The van der Waals surface area contributed by atoms with Gasteiger partial charge in [-0.2, -0.15) is 0 Å². The predicted molar refractivity (Wildman–Crippen MR) is 74.0 cm³/mol. The second kappa shape index (κ2) is 5.95. The number of benzene rings is 1. The summed E-state index contributed by atoms with van der Waals surface area (Å²) in [4.78, 5) is 13.2. The fraction of sp³-hybridized carbons (Fsp3) is 0.417. The van der Waals surface area contributed by atoms with Crippen molar-refractivity contribution in [1.82, 2.24) is 4.90 Å². The van der Waals surface area contributed by atoms with Crippen molar-refractivity contribution in [3.63, 3.8) is 0 Å². The molecule has 1 aromatic rings. The second-order valence-corrected chi connectivity index (χ2v) is 6.43. The first-order valence-corrected chi connectivity index (χ1v) is 7.31. The number of rotatable bonds is 2. The molecule has 0 bridgehead atoms. The van der Waals surface area contributed by atoms with Crippen molar-refractivity contribution in [2.24, 2.45) is 0 Å². The van der Waals surface area contributed by atoms with Gasteiger partial charge in [-0.25, -0.2) is 4.79 Å². The fourth-order valence-electron chi connectivity index (χ4n) is 1.94. The summed E-state index contributed by atoms with van der Waals surface area (Å²) >= 11 is 5.01. The molecule has 0 radical (unpaired) electrons. The highest BCUT2D eigenvalue weighted by Gasteiger charge is 2.30. The largest absolute Gasteiger partial charge is 0.465 e. The molecule has 0 aliphatic carbocycles. The van der Waals surface area contributed by atoms with Crippen molar-refractivity contribution in [2.45, 2.75) is 22.7 Å². The van der Waals surface area contributed by atoms with Gasteiger partial charge in [0.05, 0.1) is 12.6 Å². The molecule has 0 saturated carbocycles. The molecule has 1 saturated heterocycles. The number of nitrogens with zero attached hydrogens (tertiary/aromatic N) is 1. The van der Waals surface area contributed by atoms with E-state index in [2.05, 4.69) is 15.9 Å². The molecular formula is C12H14BrNO3S. The van der Waals surface area contributed by atoms with E-state index in [1.165, 1.54) is 4.90 Å². The van der Waals surface area contributed by atoms with E-state index >= 15 is 0 Å². The summed E-state index contributed by atoms with van der Waals surface area (Å²) in [7, 11) is 0. The van der Waals surface area contributed by atoms with Gasteiger partial charge in [0.2, 0.25) is 0 Å². The average molecular weight is 332 g/mol. The van der Waals surface area contributed by atoms with E-state index in [1.54, 1.807) is 11.8 Å². The van der Waals surface area contributed by atoms with Crippen LogP contribution in [0.25, 0.3) is 0 Å². The Kier molecular flexibility index (Phi) is 4.53. The first kappa shape index (κ1) is 13.7. The Morgan fingerprint density at radius 2 is 2.28 bits per heavy atom. The Balaban J connectivity index is 1.97. The van der Waals surface area contributed by atoms with E-state index in [9.17, 15) is 9.90 Å². The summed E-state index contributed by atoms with van der Waals surface area (Å²) in [5.41, 5.74) is 0. The zero-order valence-corrected chi connectivity index (χ0v) is 12.0. The Morgan fingerprint density at radius 3 is 2.89 bits per heavy atom. The van der Waals surface area contributed by atoms with Gasteiger partial charge >= 0.3 is 6.09 Å². The highest BCUT2D eigenvalue weighted by Crippen LogP contribution is 2.31. The van der Waals surface area contributed by atoms with Gasteiger partial charge in [-0.15, -0.1) is 11.8 Å². The van der Waals surface area contributed by atoms with Gasteiger partial charge in [0.25, 0.3) is 0 Å². The van der Waals surface area contributed by atoms with Crippen molar-refractivity contribution >= 4 is 33.8 Å². The van der Waals surface area contributed by atoms with E-state index in [4.69, 9.17) is 5.11 Å². The van der Waals surface area contributed by atoms with Gasteiger partial charge in [-0.05, 0) is 24.6 Å². The maximum Gasteiger partial charge on any atom is 0.407 e. The number of piperidine rings is 1. The Bertz CT molecular complexity index is 443. The summed E-state index contributed by atoms with van der Waals surface area (Å²) in [5.74, 6) is 0. The van der Waals surface area contributed by atoms with Crippen LogP contribution in [0, 0.1) is 0 Å². The third-order valence-electron chi connectivity index (χ3n) is 2.87. The van der Waals surface area contributed by atoms with Crippen LogP contribution >= 0.6 is 27.7 Å². The summed E-state index contributed by atoms with van der Waals surface area (Å²) < 4.78 is 1.00. The topological polar surface area (TPSA) is 60.8 Å².